The van der Waals surface area contributed by atoms with Crippen LogP contribution in [0, 0.1) is 13.8 Å². The van der Waals surface area contributed by atoms with Crippen LogP contribution >= 0.6 is 11.6 Å². The monoisotopic (exact) mass is 294 g/mol. The standard InChI is InChI=1S/C14H15ClN2O3/c1-8-5-10(9(2)20-8)7-16-17-13-6-11(15)3-4-12(13)14(18)19/h3-6,16-17H,7H2,1-2H3,(H,18,19). The van der Waals surface area contributed by atoms with E-state index in [0.29, 0.717) is 17.3 Å². The van der Waals surface area contributed by atoms with E-state index in [4.69, 9.17) is 21.1 Å². The highest BCUT2D eigenvalue weighted by Gasteiger charge is 2.10. The molecule has 0 fully saturated rings. The van der Waals surface area contributed by atoms with E-state index < -0.39 is 5.97 Å². The van der Waals surface area contributed by atoms with E-state index in [1.54, 1.807) is 12.1 Å². The van der Waals surface area contributed by atoms with Crippen molar-refractivity contribution in [3.05, 3.63) is 51.9 Å². The molecular formula is C14H15ClN2O3. The molecule has 1 heterocycles. The molecule has 0 saturated carbocycles. The van der Waals surface area contributed by atoms with Gasteiger partial charge in [-0.3, -0.25) is 0 Å². The fourth-order valence-electron chi connectivity index (χ4n) is 1.90. The van der Waals surface area contributed by atoms with Crippen molar-refractivity contribution in [2.45, 2.75) is 20.4 Å². The maximum atomic E-state index is 11.1. The zero-order chi connectivity index (χ0) is 14.7. The molecule has 2 aromatic rings. The van der Waals surface area contributed by atoms with Crippen LogP contribution in [0.4, 0.5) is 5.69 Å². The molecule has 1 aromatic carbocycles. The molecule has 0 bridgehead atoms. The number of furan rings is 1. The molecule has 5 nitrogen and oxygen atoms in total. The summed E-state index contributed by atoms with van der Waals surface area (Å²) < 4.78 is 5.42. The van der Waals surface area contributed by atoms with E-state index in [2.05, 4.69) is 10.9 Å². The summed E-state index contributed by atoms with van der Waals surface area (Å²) in [7, 11) is 0. The highest BCUT2D eigenvalue weighted by Crippen LogP contribution is 2.20. The number of hydrogen-bond donors (Lipinski definition) is 3. The average molecular weight is 295 g/mol. The number of benzene rings is 1. The first kappa shape index (κ1) is 14.4. The molecule has 0 aliphatic heterocycles. The number of anilines is 1. The number of halogens is 1. The highest BCUT2D eigenvalue weighted by atomic mass is 35.5. The van der Waals surface area contributed by atoms with Crippen molar-refractivity contribution in [1.82, 2.24) is 5.43 Å². The Morgan fingerprint density at radius 1 is 1.35 bits per heavy atom. The molecule has 0 atom stereocenters. The van der Waals surface area contributed by atoms with Gasteiger partial charge in [0.1, 0.15) is 11.5 Å². The first-order chi connectivity index (χ1) is 9.47. The van der Waals surface area contributed by atoms with Crippen LogP contribution in [0.2, 0.25) is 5.02 Å². The predicted molar refractivity (Wildman–Crippen MR) is 77.1 cm³/mol. The van der Waals surface area contributed by atoms with E-state index in [0.717, 1.165) is 17.1 Å². The summed E-state index contributed by atoms with van der Waals surface area (Å²) in [5.74, 6) is 0.663. The smallest absolute Gasteiger partial charge is 0.337 e. The number of hydrazine groups is 1. The predicted octanol–water partition coefficient (Wildman–Crippen LogP) is 3.36. The van der Waals surface area contributed by atoms with Crippen molar-refractivity contribution in [2.24, 2.45) is 0 Å². The van der Waals surface area contributed by atoms with Crippen LogP contribution in [-0.2, 0) is 6.54 Å². The third-order valence-electron chi connectivity index (χ3n) is 2.86. The molecular weight excluding hydrogens is 280 g/mol. The summed E-state index contributed by atoms with van der Waals surface area (Å²) in [4.78, 5) is 11.1. The molecule has 1 aromatic heterocycles. The number of carbonyl (C=O) groups is 1. The zero-order valence-electron chi connectivity index (χ0n) is 11.2. The first-order valence-corrected chi connectivity index (χ1v) is 6.43. The number of rotatable bonds is 5. The molecule has 20 heavy (non-hydrogen) atoms. The molecule has 0 spiro atoms. The molecule has 106 valence electrons. The largest absolute Gasteiger partial charge is 0.478 e. The minimum atomic E-state index is -1.01. The molecule has 0 amide bonds. The van der Waals surface area contributed by atoms with Gasteiger partial charge in [0, 0.05) is 17.1 Å². The molecule has 0 unspecified atom stereocenters. The van der Waals surface area contributed by atoms with Crippen LogP contribution < -0.4 is 10.9 Å². The van der Waals surface area contributed by atoms with Gasteiger partial charge in [-0.05, 0) is 38.1 Å². The summed E-state index contributed by atoms with van der Waals surface area (Å²) >= 11 is 5.87. The van der Waals surface area contributed by atoms with Gasteiger partial charge >= 0.3 is 5.97 Å². The summed E-state index contributed by atoms with van der Waals surface area (Å²) in [6.45, 7) is 4.27. The molecule has 6 heteroatoms. The second-order valence-electron chi connectivity index (χ2n) is 4.41. The van der Waals surface area contributed by atoms with Crippen LogP contribution in [0.3, 0.4) is 0 Å². The Morgan fingerprint density at radius 3 is 2.70 bits per heavy atom. The Kier molecular flexibility index (Phi) is 4.32. The van der Waals surface area contributed by atoms with Crippen molar-refractivity contribution in [2.75, 3.05) is 5.43 Å². The van der Waals surface area contributed by atoms with Crippen molar-refractivity contribution in [3.63, 3.8) is 0 Å². The number of carboxylic acids is 1. The quantitative estimate of drug-likeness (QED) is 0.737. The van der Waals surface area contributed by atoms with Gasteiger partial charge in [-0.15, -0.1) is 0 Å². The Balaban J connectivity index is 2.05. The Hall–Kier alpha value is -1.98. The maximum absolute atomic E-state index is 11.1. The van der Waals surface area contributed by atoms with E-state index in [1.165, 1.54) is 6.07 Å². The van der Waals surface area contributed by atoms with E-state index in [9.17, 15) is 4.79 Å². The highest BCUT2D eigenvalue weighted by molar-refractivity contribution is 6.31. The van der Waals surface area contributed by atoms with Crippen molar-refractivity contribution in [3.8, 4) is 0 Å². The summed E-state index contributed by atoms with van der Waals surface area (Å²) in [5.41, 5.74) is 7.41. The summed E-state index contributed by atoms with van der Waals surface area (Å²) in [6.07, 6.45) is 0. The number of carboxylic acid groups (broad SMARTS) is 1. The summed E-state index contributed by atoms with van der Waals surface area (Å²) in [6, 6.07) is 6.49. The zero-order valence-corrected chi connectivity index (χ0v) is 11.9. The van der Waals surface area contributed by atoms with Gasteiger partial charge in [0.15, 0.2) is 0 Å². The Bertz CT molecular complexity index is 637. The lowest BCUT2D eigenvalue weighted by molar-refractivity contribution is 0.0698. The number of aromatic carboxylic acids is 1. The lowest BCUT2D eigenvalue weighted by atomic mass is 10.2. The maximum Gasteiger partial charge on any atom is 0.337 e. The number of nitrogens with one attached hydrogen (secondary N) is 2. The minimum Gasteiger partial charge on any atom is -0.478 e. The van der Waals surface area contributed by atoms with Crippen LogP contribution in [0.25, 0.3) is 0 Å². The van der Waals surface area contributed by atoms with Gasteiger partial charge < -0.3 is 14.9 Å². The first-order valence-electron chi connectivity index (χ1n) is 6.05. The van der Waals surface area contributed by atoms with Gasteiger partial charge in [-0.1, -0.05) is 11.6 Å². The Labute approximate surface area is 121 Å². The number of aryl methyl sites for hydroxylation is 2. The van der Waals surface area contributed by atoms with E-state index in [-0.39, 0.29) is 5.56 Å². The molecule has 3 N–H and O–H groups in total. The van der Waals surface area contributed by atoms with Crippen LogP contribution in [0.15, 0.2) is 28.7 Å². The fraction of sp³-hybridized carbons (Fsp3) is 0.214. The minimum absolute atomic E-state index is 0.155. The average Bonchev–Trinajstić information content (AvgIpc) is 2.67. The van der Waals surface area contributed by atoms with Gasteiger partial charge in [0.05, 0.1) is 11.3 Å². The third-order valence-corrected chi connectivity index (χ3v) is 3.09. The van der Waals surface area contributed by atoms with Crippen LogP contribution in [0.5, 0.6) is 0 Å². The van der Waals surface area contributed by atoms with Crippen LogP contribution in [-0.4, -0.2) is 11.1 Å². The van der Waals surface area contributed by atoms with Gasteiger partial charge in [-0.25, -0.2) is 10.2 Å². The molecule has 2 rings (SSSR count). The lowest BCUT2D eigenvalue weighted by Gasteiger charge is -2.11. The Morgan fingerprint density at radius 2 is 2.10 bits per heavy atom. The SMILES string of the molecule is Cc1cc(CNNc2cc(Cl)ccc2C(=O)O)c(C)o1. The van der Waals surface area contributed by atoms with Crippen molar-refractivity contribution >= 4 is 23.3 Å². The van der Waals surface area contributed by atoms with Crippen molar-refractivity contribution < 1.29 is 14.3 Å². The molecule has 0 aliphatic carbocycles. The molecule has 0 saturated heterocycles. The second-order valence-corrected chi connectivity index (χ2v) is 4.85. The molecule has 0 radical (unpaired) electrons. The van der Waals surface area contributed by atoms with Gasteiger partial charge in [-0.2, -0.15) is 0 Å². The topological polar surface area (TPSA) is 74.5 Å². The third kappa shape index (κ3) is 3.31. The second kappa shape index (κ2) is 5.98. The lowest BCUT2D eigenvalue weighted by Crippen LogP contribution is -2.22. The van der Waals surface area contributed by atoms with Crippen molar-refractivity contribution in [1.29, 1.82) is 0 Å². The van der Waals surface area contributed by atoms with E-state index >= 15 is 0 Å². The van der Waals surface area contributed by atoms with E-state index in [1.807, 2.05) is 19.9 Å². The fourth-order valence-corrected chi connectivity index (χ4v) is 2.07. The molecule has 0 aliphatic rings. The normalized spacial score (nSPS) is 10.6. The summed E-state index contributed by atoms with van der Waals surface area (Å²) in [5, 5.41) is 9.56. The number of hydrogen-bond acceptors (Lipinski definition) is 4. The van der Waals surface area contributed by atoms with Gasteiger partial charge in [0.25, 0.3) is 0 Å². The van der Waals surface area contributed by atoms with Crippen LogP contribution in [0.1, 0.15) is 27.4 Å². The van der Waals surface area contributed by atoms with Gasteiger partial charge in [0.2, 0.25) is 0 Å².